The van der Waals surface area contributed by atoms with Crippen molar-refractivity contribution in [3.05, 3.63) is 127 Å². The molecule has 0 radical (unpaired) electrons. The Balaban J connectivity index is 0.745. The van der Waals surface area contributed by atoms with E-state index in [2.05, 4.69) is 26.2 Å². The number of anilines is 2. The third-order valence-electron chi connectivity index (χ3n) is 16.3. The van der Waals surface area contributed by atoms with Gasteiger partial charge in [-0.1, -0.05) is 72.8 Å². The lowest BCUT2D eigenvalue weighted by atomic mass is 9.55. The summed E-state index contributed by atoms with van der Waals surface area (Å²) in [5.74, 6) is -3.24. The van der Waals surface area contributed by atoms with Crippen LogP contribution in [0.1, 0.15) is 96.8 Å². The molecule has 11 rings (SSSR count). The lowest BCUT2D eigenvalue weighted by molar-refractivity contribution is -0.135. The quantitative estimate of drug-likeness (QED) is 0.123. The number of fused-ring (bicyclic) bond motifs is 4. The number of hydrogen-bond acceptors (Lipinski definition) is 8. The molecule has 3 spiro atoms. The fraction of sp³-hybridized carbons (Fsp3) is 0.423. The highest BCUT2D eigenvalue weighted by molar-refractivity contribution is 6.31. The van der Waals surface area contributed by atoms with Gasteiger partial charge in [0.05, 0.1) is 22.1 Å². The van der Waals surface area contributed by atoms with E-state index in [4.69, 9.17) is 23.2 Å². The normalized spacial score (nSPS) is 25.0. The lowest BCUT2D eigenvalue weighted by Crippen LogP contribution is -2.61. The number of para-hydroxylation sites is 1. The standard InChI is InChI=1S/C52H53Cl2FN8O6/c1-60-44-30(7-5-10-38(44)63(49(60)69)39-17-18-40(64)58-45(39)65)19-24-61-28-50(29-61)22-25-62(26-23-50)47(67)31-11-14-33(15-12-31)56-46(66)43-41(34-8-6-9-36(54)42(34)55)52(51(59-43)20-3-2-4-21-51)35-16-13-32(53)27-37(35)57-48(52)68/h5-16,27,39,41,43,59H,2-4,17-26,28-29H2,1H3,(H,56,66)(H,57,68)(H,58,64,65)/t39?,41-,43+,52+/m0/s1. The second kappa shape index (κ2) is 17.2. The summed E-state index contributed by atoms with van der Waals surface area (Å²) in [5.41, 5.74) is 2.50. The molecular formula is C52H53Cl2FN8O6. The number of nitrogens with one attached hydrogen (secondary N) is 4. The van der Waals surface area contributed by atoms with Crippen molar-refractivity contribution in [2.24, 2.45) is 12.5 Å². The van der Waals surface area contributed by atoms with Crippen molar-refractivity contribution in [2.75, 3.05) is 43.4 Å². The summed E-state index contributed by atoms with van der Waals surface area (Å²) in [6.07, 6.45) is 6.79. The summed E-state index contributed by atoms with van der Waals surface area (Å²) in [6.45, 7) is 3.90. The number of imide groups is 1. The zero-order chi connectivity index (χ0) is 48.0. The number of rotatable bonds is 8. The zero-order valence-corrected chi connectivity index (χ0v) is 39.7. The minimum atomic E-state index is -1.35. The third kappa shape index (κ3) is 7.32. The van der Waals surface area contributed by atoms with Crippen LogP contribution in [0.2, 0.25) is 10.0 Å². The monoisotopic (exact) mass is 974 g/mol. The van der Waals surface area contributed by atoms with E-state index in [0.29, 0.717) is 59.0 Å². The molecule has 69 heavy (non-hydrogen) atoms. The van der Waals surface area contributed by atoms with E-state index in [1.54, 1.807) is 60.1 Å². The Morgan fingerprint density at radius 1 is 0.870 bits per heavy atom. The van der Waals surface area contributed by atoms with Crippen molar-refractivity contribution in [3.63, 3.8) is 0 Å². The number of hydrogen-bond donors (Lipinski definition) is 4. The van der Waals surface area contributed by atoms with E-state index in [-0.39, 0.29) is 52.3 Å². The molecule has 5 aromatic rings. The molecule has 4 saturated heterocycles. The summed E-state index contributed by atoms with van der Waals surface area (Å²) in [5, 5.41) is 12.5. The van der Waals surface area contributed by atoms with Crippen LogP contribution in [-0.4, -0.2) is 92.8 Å². The van der Waals surface area contributed by atoms with Crippen molar-refractivity contribution in [1.29, 1.82) is 0 Å². The van der Waals surface area contributed by atoms with Crippen LogP contribution in [-0.2, 0) is 38.1 Å². The van der Waals surface area contributed by atoms with E-state index in [1.807, 2.05) is 29.2 Å². The maximum Gasteiger partial charge on any atom is 0.329 e. The molecule has 4 aromatic carbocycles. The van der Waals surface area contributed by atoms with Gasteiger partial charge in [-0.25, -0.2) is 9.18 Å². The van der Waals surface area contributed by atoms with E-state index in [1.165, 1.54) is 10.6 Å². The van der Waals surface area contributed by atoms with Crippen molar-refractivity contribution in [3.8, 4) is 0 Å². The summed E-state index contributed by atoms with van der Waals surface area (Å²) in [6, 6.07) is 20.9. The predicted octanol–water partition coefficient (Wildman–Crippen LogP) is 6.83. The Morgan fingerprint density at radius 2 is 1.61 bits per heavy atom. The number of carbonyl (C=O) groups excluding carboxylic acids is 5. The van der Waals surface area contributed by atoms with Crippen LogP contribution in [0.5, 0.6) is 0 Å². The predicted molar refractivity (Wildman–Crippen MR) is 260 cm³/mol. The van der Waals surface area contributed by atoms with Crippen LogP contribution in [0.4, 0.5) is 15.8 Å². The van der Waals surface area contributed by atoms with E-state index in [9.17, 15) is 28.8 Å². The molecular weight excluding hydrogens is 923 g/mol. The van der Waals surface area contributed by atoms with Gasteiger partial charge in [0.15, 0.2) is 0 Å². The second-order valence-electron chi connectivity index (χ2n) is 20.1. The van der Waals surface area contributed by atoms with Crippen molar-refractivity contribution in [1.82, 2.24) is 29.6 Å². The molecule has 1 aromatic heterocycles. The first kappa shape index (κ1) is 45.6. The fourth-order valence-corrected chi connectivity index (χ4v) is 13.5. The third-order valence-corrected chi connectivity index (χ3v) is 16.9. The number of aromatic nitrogens is 2. The second-order valence-corrected chi connectivity index (χ2v) is 21.0. The van der Waals surface area contributed by atoms with Crippen molar-refractivity contribution >= 4 is 75.1 Å². The molecule has 5 fully saturated rings. The highest BCUT2D eigenvalue weighted by Gasteiger charge is 2.72. The van der Waals surface area contributed by atoms with E-state index < -0.39 is 46.6 Å². The highest BCUT2D eigenvalue weighted by atomic mass is 35.5. The van der Waals surface area contributed by atoms with Crippen LogP contribution >= 0.6 is 23.2 Å². The number of carbonyl (C=O) groups is 5. The highest BCUT2D eigenvalue weighted by Crippen LogP contribution is 2.63. The van der Waals surface area contributed by atoms with Gasteiger partial charge in [0.1, 0.15) is 17.3 Å². The number of aryl methyl sites for hydroxylation is 1. The molecule has 1 saturated carbocycles. The summed E-state index contributed by atoms with van der Waals surface area (Å²) < 4.78 is 19.5. The van der Waals surface area contributed by atoms with Crippen LogP contribution in [0.25, 0.3) is 11.0 Å². The summed E-state index contributed by atoms with van der Waals surface area (Å²) in [7, 11) is 1.73. The number of imidazole rings is 1. The number of benzene rings is 4. The molecule has 6 aliphatic rings. The van der Waals surface area contributed by atoms with Crippen LogP contribution < -0.4 is 27.0 Å². The first-order chi connectivity index (χ1) is 33.2. The maximum atomic E-state index is 16.3. The molecule has 1 aliphatic carbocycles. The first-order valence-electron chi connectivity index (χ1n) is 24.0. The first-order valence-corrected chi connectivity index (χ1v) is 24.8. The van der Waals surface area contributed by atoms with Crippen molar-refractivity contribution in [2.45, 2.75) is 93.2 Å². The minimum Gasteiger partial charge on any atom is -0.339 e. The lowest BCUT2D eigenvalue weighted by Gasteiger charge is -2.54. The van der Waals surface area contributed by atoms with Crippen LogP contribution in [0.15, 0.2) is 83.7 Å². The zero-order valence-electron chi connectivity index (χ0n) is 38.2. The Kier molecular flexibility index (Phi) is 11.4. The van der Waals surface area contributed by atoms with Gasteiger partial charge in [-0.05, 0) is 109 Å². The summed E-state index contributed by atoms with van der Waals surface area (Å²) >= 11 is 12.8. The average Bonchev–Trinajstić information content (AvgIpc) is 3.89. The average molecular weight is 976 g/mol. The Bertz CT molecular complexity index is 3020. The minimum absolute atomic E-state index is 0.0805. The smallest absolute Gasteiger partial charge is 0.329 e. The molecule has 17 heteroatoms. The number of likely N-dealkylation sites (tertiary alicyclic amines) is 2. The summed E-state index contributed by atoms with van der Waals surface area (Å²) in [4.78, 5) is 85.5. The number of nitrogens with zero attached hydrogens (tertiary/aromatic N) is 4. The molecule has 358 valence electrons. The van der Waals surface area contributed by atoms with Crippen LogP contribution in [0, 0.1) is 11.2 Å². The maximum absolute atomic E-state index is 16.3. The topological polar surface area (TPSA) is 167 Å². The molecule has 0 bridgehead atoms. The van der Waals surface area contributed by atoms with Crippen LogP contribution in [0.3, 0.4) is 0 Å². The molecule has 4 atom stereocenters. The molecule has 5 amide bonds. The molecule has 1 unspecified atom stereocenters. The number of piperidine rings is 2. The van der Waals surface area contributed by atoms with E-state index in [0.717, 1.165) is 69.2 Å². The Hall–Kier alpha value is -5.87. The fourth-order valence-electron chi connectivity index (χ4n) is 13.1. The number of amides is 5. The molecule has 14 nitrogen and oxygen atoms in total. The Labute approximate surface area is 407 Å². The van der Waals surface area contributed by atoms with Crippen molar-refractivity contribution < 1.29 is 28.4 Å². The van der Waals surface area contributed by atoms with Gasteiger partial charge in [0.2, 0.25) is 23.6 Å². The molecule has 4 N–H and O–H groups in total. The van der Waals surface area contributed by atoms with E-state index >= 15 is 4.39 Å². The van der Waals surface area contributed by atoms with Gasteiger partial charge in [-0.3, -0.25) is 43.7 Å². The van der Waals surface area contributed by atoms with Gasteiger partial charge < -0.3 is 20.4 Å². The Morgan fingerprint density at radius 3 is 2.35 bits per heavy atom. The van der Waals surface area contributed by atoms with Gasteiger partial charge in [0, 0.05) is 79.6 Å². The van der Waals surface area contributed by atoms with Gasteiger partial charge in [0.25, 0.3) is 5.91 Å². The largest absolute Gasteiger partial charge is 0.339 e. The molecule has 6 heterocycles. The van der Waals surface area contributed by atoms with Gasteiger partial charge in [-0.15, -0.1) is 0 Å². The van der Waals surface area contributed by atoms with Gasteiger partial charge >= 0.3 is 5.69 Å². The SMILES string of the molecule is Cn1c(=O)n(C2CCC(=O)NC2=O)c2cccc(CCN3CC4(CCN(C(=O)c5ccc(NC(=O)[C@@H]6NC7(CCCCC7)[C@@]7(C(=O)Nc8cc(Cl)ccc87)[C@H]6c6cccc(Cl)c6F)cc5)CC4)C3)c21. The molecule has 5 aliphatic heterocycles. The number of halogens is 3. The van der Waals surface area contributed by atoms with Gasteiger partial charge in [-0.2, -0.15) is 0 Å².